The number of nitrogens with two attached hydrogens (primary N) is 1. The Balaban J connectivity index is 2.45. The van der Waals surface area contributed by atoms with Gasteiger partial charge in [-0.25, -0.2) is 0 Å². The van der Waals surface area contributed by atoms with Crippen molar-refractivity contribution in [3.63, 3.8) is 0 Å². The first-order chi connectivity index (χ1) is 5.74. The third-order valence-electron chi connectivity index (χ3n) is 2.10. The molecular weight excluding hydrogens is 152 g/mol. The van der Waals surface area contributed by atoms with E-state index in [9.17, 15) is 4.79 Å². The lowest BCUT2D eigenvalue weighted by molar-refractivity contribution is -0.122. The van der Waals surface area contributed by atoms with Crippen LogP contribution in [0.15, 0.2) is 12.3 Å². The van der Waals surface area contributed by atoms with Crippen LogP contribution < -0.4 is 5.73 Å². The van der Waals surface area contributed by atoms with Gasteiger partial charge in [-0.2, -0.15) is 0 Å². The highest BCUT2D eigenvalue weighted by Crippen LogP contribution is 2.13. The van der Waals surface area contributed by atoms with Crippen LogP contribution in [-0.4, -0.2) is 23.9 Å². The number of allylic oxidation sites excluding steroid dienone is 1. The molecule has 1 aliphatic heterocycles. The second-order valence-corrected chi connectivity index (χ2v) is 3.21. The fourth-order valence-corrected chi connectivity index (χ4v) is 1.45. The highest BCUT2D eigenvalue weighted by atomic mass is 16.1. The lowest BCUT2D eigenvalue weighted by Crippen LogP contribution is -2.36. The predicted molar refractivity (Wildman–Crippen MR) is 48.3 cm³/mol. The molecule has 0 aliphatic carbocycles. The van der Waals surface area contributed by atoms with E-state index in [1.165, 1.54) is 0 Å². The summed E-state index contributed by atoms with van der Waals surface area (Å²) >= 11 is 0. The third-order valence-corrected chi connectivity index (χ3v) is 2.10. The molecule has 1 atom stereocenters. The van der Waals surface area contributed by atoms with E-state index < -0.39 is 0 Å². The second-order valence-electron chi connectivity index (χ2n) is 3.21. The van der Waals surface area contributed by atoms with E-state index in [4.69, 9.17) is 5.73 Å². The van der Waals surface area contributed by atoms with E-state index in [1.54, 1.807) is 0 Å². The third kappa shape index (κ3) is 2.26. The number of hydrogen-bond donors (Lipinski definition) is 1. The number of carbonyl (C=O) groups excluding carboxylic acids is 1. The highest BCUT2D eigenvalue weighted by molar-refractivity contribution is 5.77. The van der Waals surface area contributed by atoms with Gasteiger partial charge in [0.25, 0.3) is 0 Å². The Morgan fingerprint density at radius 3 is 3.08 bits per heavy atom. The van der Waals surface area contributed by atoms with Crippen molar-refractivity contribution in [2.24, 2.45) is 11.7 Å². The van der Waals surface area contributed by atoms with Crippen LogP contribution in [0.4, 0.5) is 0 Å². The van der Waals surface area contributed by atoms with E-state index >= 15 is 0 Å². The standard InChI is InChI=1S/C9H16N2O/c1-2-5-11-6-3-4-8(7-11)9(10)12/h3,6,8H,2,4-5,7H2,1H3,(H2,10,12). The summed E-state index contributed by atoms with van der Waals surface area (Å²) < 4.78 is 0. The summed E-state index contributed by atoms with van der Waals surface area (Å²) in [6, 6.07) is 0. The Labute approximate surface area is 73.2 Å². The van der Waals surface area contributed by atoms with Crippen molar-refractivity contribution in [1.82, 2.24) is 4.90 Å². The molecular formula is C9H16N2O. The molecule has 0 saturated heterocycles. The number of rotatable bonds is 3. The summed E-state index contributed by atoms with van der Waals surface area (Å²) in [4.78, 5) is 13.0. The van der Waals surface area contributed by atoms with Crippen molar-refractivity contribution in [2.75, 3.05) is 13.1 Å². The van der Waals surface area contributed by atoms with Crippen LogP contribution in [0.25, 0.3) is 0 Å². The van der Waals surface area contributed by atoms with Gasteiger partial charge >= 0.3 is 0 Å². The van der Waals surface area contributed by atoms with E-state index in [2.05, 4.69) is 18.0 Å². The first kappa shape index (κ1) is 9.10. The number of amides is 1. The van der Waals surface area contributed by atoms with E-state index in [1.807, 2.05) is 6.08 Å². The molecule has 3 nitrogen and oxygen atoms in total. The Bertz CT molecular complexity index is 189. The van der Waals surface area contributed by atoms with Crippen molar-refractivity contribution < 1.29 is 4.79 Å². The fourth-order valence-electron chi connectivity index (χ4n) is 1.45. The maximum atomic E-state index is 10.9. The second kappa shape index (κ2) is 4.14. The Morgan fingerprint density at radius 2 is 2.50 bits per heavy atom. The van der Waals surface area contributed by atoms with Crippen molar-refractivity contribution in [3.8, 4) is 0 Å². The molecule has 0 bridgehead atoms. The maximum Gasteiger partial charge on any atom is 0.222 e. The average Bonchev–Trinajstić information content (AvgIpc) is 2.05. The minimum absolute atomic E-state index is 0.0153. The first-order valence-electron chi connectivity index (χ1n) is 4.44. The predicted octanol–water partition coefficient (Wildman–Crippen LogP) is 0.717. The van der Waals surface area contributed by atoms with Gasteiger partial charge in [-0.1, -0.05) is 13.0 Å². The molecule has 1 amide bonds. The first-order valence-corrected chi connectivity index (χ1v) is 4.44. The summed E-state index contributed by atoms with van der Waals surface area (Å²) in [5.41, 5.74) is 5.23. The van der Waals surface area contributed by atoms with Crippen LogP contribution in [0.1, 0.15) is 19.8 Å². The maximum absolute atomic E-state index is 10.9. The number of primary amides is 1. The minimum atomic E-state index is -0.180. The zero-order chi connectivity index (χ0) is 8.97. The molecule has 3 heteroatoms. The van der Waals surface area contributed by atoms with Gasteiger partial charge < -0.3 is 10.6 Å². The van der Waals surface area contributed by atoms with Crippen molar-refractivity contribution >= 4 is 5.91 Å². The quantitative estimate of drug-likeness (QED) is 0.675. The monoisotopic (exact) mass is 168 g/mol. The topological polar surface area (TPSA) is 46.3 Å². The van der Waals surface area contributed by atoms with Crippen molar-refractivity contribution in [3.05, 3.63) is 12.3 Å². The number of hydrogen-bond acceptors (Lipinski definition) is 2. The van der Waals surface area contributed by atoms with Crippen molar-refractivity contribution in [2.45, 2.75) is 19.8 Å². The summed E-state index contributed by atoms with van der Waals surface area (Å²) in [6.45, 7) is 3.93. The van der Waals surface area contributed by atoms with Crippen LogP contribution in [0.3, 0.4) is 0 Å². The smallest absolute Gasteiger partial charge is 0.222 e. The molecule has 68 valence electrons. The van der Waals surface area contributed by atoms with Crippen LogP contribution in [0.5, 0.6) is 0 Å². The molecule has 0 radical (unpaired) electrons. The molecule has 0 aromatic rings. The molecule has 0 fully saturated rings. The molecule has 1 rings (SSSR count). The zero-order valence-electron chi connectivity index (χ0n) is 7.49. The summed E-state index contributed by atoms with van der Waals surface area (Å²) in [6.07, 6.45) is 5.99. The molecule has 12 heavy (non-hydrogen) atoms. The Hall–Kier alpha value is -0.990. The van der Waals surface area contributed by atoms with Crippen LogP contribution in [-0.2, 0) is 4.79 Å². The largest absolute Gasteiger partial charge is 0.377 e. The van der Waals surface area contributed by atoms with Gasteiger partial charge in [0.05, 0.1) is 5.92 Å². The zero-order valence-corrected chi connectivity index (χ0v) is 7.49. The molecule has 1 aliphatic rings. The molecule has 0 spiro atoms. The van der Waals surface area contributed by atoms with Gasteiger partial charge in [-0.15, -0.1) is 0 Å². The van der Waals surface area contributed by atoms with Crippen LogP contribution in [0, 0.1) is 5.92 Å². The summed E-state index contributed by atoms with van der Waals surface area (Å²) in [5, 5.41) is 0. The molecule has 0 saturated carbocycles. The minimum Gasteiger partial charge on any atom is -0.377 e. The number of carbonyl (C=O) groups is 1. The van der Waals surface area contributed by atoms with E-state index in [0.29, 0.717) is 0 Å². The lowest BCUT2D eigenvalue weighted by atomic mass is 10.0. The van der Waals surface area contributed by atoms with Gasteiger partial charge in [0.2, 0.25) is 5.91 Å². The Kier molecular flexibility index (Phi) is 3.14. The van der Waals surface area contributed by atoms with E-state index in [0.717, 1.165) is 25.9 Å². The average molecular weight is 168 g/mol. The molecule has 0 aromatic carbocycles. The molecule has 1 heterocycles. The SMILES string of the molecule is CCCN1C=CCC(C(N)=O)C1. The summed E-state index contributed by atoms with van der Waals surface area (Å²) in [7, 11) is 0. The highest BCUT2D eigenvalue weighted by Gasteiger charge is 2.18. The molecule has 0 aromatic heterocycles. The van der Waals surface area contributed by atoms with Crippen LogP contribution in [0.2, 0.25) is 0 Å². The van der Waals surface area contributed by atoms with Gasteiger partial charge in [0, 0.05) is 13.1 Å². The number of nitrogens with zero attached hydrogens (tertiary/aromatic N) is 1. The Morgan fingerprint density at radius 1 is 1.75 bits per heavy atom. The van der Waals surface area contributed by atoms with Crippen LogP contribution >= 0.6 is 0 Å². The van der Waals surface area contributed by atoms with Gasteiger partial charge in [0.15, 0.2) is 0 Å². The summed E-state index contributed by atoms with van der Waals surface area (Å²) in [5.74, 6) is -0.165. The lowest BCUT2D eigenvalue weighted by Gasteiger charge is -2.27. The van der Waals surface area contributed by atoms with Gasteiger partial charge in [-0.05, 0) is 19.0 Å². The molecule has 2 N–H and O–H groups in total. The van der Waals surface area contributed by atoms with Crippen molar-refractivity contribution in [1.29, 1.82) is 0 Å². The van der Waals surface area contributed by atoms with Gasteiger partial charge in [-0.3, -0.25) is 4.79 Å². The van der Waals surface area contributed by atoms with E-state index in [-0.39, 0.29) is 11.8 Å². The van der Waals surface area contributed by atoms with Gasteiger partial charge in [0.1, 0.15) is 0 Å². The fraction of sp³-hybridized carbons (Fsp3) is 0.667. The normalized spacial score (nSPS) is 22.8. The molecule has 1 unspecified atom stereocenters.